The predicted octanol–water partition coefficient (Wildman–Crippen LogP) is 4.74. The Bertz CT molecular complexity index is 1050. The molecule has 2 bridgehead atoms. The van der Waals surface area contributed by atoms with Crippen LogP contribution >= 0.6 is 0 Å². The van der Waals surface area contributed by atoms with Crippen molar-refractivity contribution < 1.29 is 28.9 Å². The van der Waals surface area contributed by atoms with Crippen molar-refractivity contribution in [1.29, 1.82) is 0 Å². The normalized spacial score (nSPS) is 46.8. The molecule has 3 saturated carbocycles. The van der Waals surface area contributed by atoms with Crippen molar-refractivity contribution in [3.63, 3.8) is 0 Å². The van der Waals surface area contributed by atoms with E-state index in [1.54, 1.807) is 0 Å². The van der Waals surface area contributed by atoms with Gasteiger partial charge in [0.05, 0.1) is 17.9 Å². The zero-order valence-electron chi connectivity index (χ0n) is 22.6. The summed E-state index contributed by atoms with van der Waals surface area (Å²) in [5.74, 6) is -1.08. The lowest BCUT2D eigenvalue weighted by molar-refractivity contribution is -0.304. The first-order chi connectivity index (χ1) is 16.8. The Hall–Kier alpha value is -1.50. The molecule has 8 atom stereocenters. The maximum atomic E-state index is 14.7. The predicted molar refractivity (Wildman–Crippen MR) is 134 cm³/mol. The van der Waals surface area contributed by atoms with Gasteiger partial charge in [-0.3, -0.25) is 9.59 Å². The van der Waals surface area contributed by atoms with E-state index in [1.165, 1.54) is 0 Å². The van der Waals surface area contributed by atoms with Gasteiger partial charge < -0.3 is 19.3 Å². The van der Waals surface area contributed by atoms with Crippen LogP contribution in [0.2, 0.25) is 0 Å². The monoisotopic (exact) mass is 498 g/mol. The van der Waals surface area contributed by atoms with Crippen molar-refractivity contribution in [3.05, 3.63) is 23.3 Å². The highest BCUT2D eigenvalue weighted by Crippen LogP contribution is 2.72. The molecule has 5 aliphatic carbocycles. The average molecular weight is 499 g/mol. The van der Waals surface area contributed by atoms with E-state index >= 15 is 0 Å². The van der Waals surface area contributed by atoms with Crippen LogP contribution in [0.25, 0.3) is 0 Å². The fourth-order valence-corrected chi connectivity index (χ4v) is 8.85. The summed E-state index contributed by atoms with van der Waals surface area (Å²) < 4.78 is 18.8. The third-order valence-electron chi connectivity index (χ3n) is 10.8. The minimum Gasteiger partial charge on any atom is -0.454 e. The first-order valence-electron chi connectivity index (χ1n) is 14.0. The van der Waals surface area contributed by atoms with E-state index in [2.05, 4.69) is 20.8 Å². The molecule has 0 aromatic carbocycles. The Morgan fingerprint density at radius 1 is 1.14 bits per heavy atom. The highest BCUT2D eigenvalue weighted by molar-refractivity contribution is 5.95. The largest absolute Gasteiger partial charge is 0.454 e. The Kier molecular flexibility index (Phi) is 5.35. The summed E-state index contributed by atoms with van der Waals surface area (Å²) in [7, 11) is 0. The molecule has 4 fully saturated rings. The number of allylic oxidation sites excluding steroid dienone is 1. The molecule has 36 heavy (non-hydrogen) atoms. The third-order valence-corrected chi connectivity index (χ3v) is 10.8. The Morgan fingerprint density at radius 3 is 2.53 bits per heavy atom. The molecule has 0 amide bonds. The van der Waals surface area contributed by atoms with Gasteiger partial charge in [-0.25, -0.2) is 0 Å². The third kappa shape index (κ3) is 3.13. The van der Waals surface area contributed by atoms with Crippen LogP contribution in [-0.4, -0.2) is 47.1 Å². The lowest BCUT2D eigenvalue weighted by atomic mass is 9.58. The fraction of sp³-hybridized carbons (Fsp3) is 0.800. The Morgan fingerprint density at radius 2 is 1.83 bits per heavy atom. The molecule has 198 valence electrons. The van der Waals surface area contributed by atoms with Crippen molar-refractivity contribution in [1.82, 2.24) is 0 Å². The first-order valence-corrected chi connectivity index (χ1v) is 14.0. The number of carbonyl (C=O) groups is 2. The van der Waals surface area contributed by atoms with Gasteiger partial charge in [0.15, 0.2) is 23.3 Å². The SMILES string of the molecule is CC1=CC23C(=O)C(C=C4COC(C)(C)OC4C2(O)C1OC(=O)C1CCCCC1)C1C(CC3C)C1(C)C. The van der Waals surface area contributed by atoms with Gasteiger partial charge in [0.1, 0.15) is 6.10 Å². The quantitative estimate of drug-likeness (QED) is 0.437. The van der Waals surface area contributed by atoms with E-state index in [0.717, 1.165) is 49.7 Å². The summed E-state index contributed by atoms with van der Waals surface area (Å²) in [4.78, 5) is 28.1. The maximum absolute atomic E-state index is 14.7. The van der Waals surface area contributed by atoms with Gasteiger partial charge in [0.2, 0.25) is 0 Å². The number of aliphatic hydroxyl groups is 1. The number of carbonyl (C=O) groups excluding carboxylic acids is 2. The van der Waals surface area contributed by atoms with Crippen LogP contribution < -0.4 is 0 Å². The number of rotatable bonds is 2. The smallest absolute Gasteiger partial charge is 0.309 e. The van der Waals surface area contributed by atoms with E-state index in [-0.39, 0.29) is 47.4 Å². The molecule has 1 spiro atoms. The van der Waals surface area contributed by atoms with Crippen LogP contribution in [0.3, 0.4) is 0 Å². The molecule has 0 aromatic rings. The van der Waals surface area contributed by atoms with Crippen molar-refractivity contribution >= 4 is 11.8 Å². The lowest BCUT2D eigenvalue weighted by Crippen LogP contribution is -2.68. The van der Waals surface area contributed by atoms with Crippen LogP contribution in [-0.2, 0) is 23.8 Å². The van der Waals surface area contributed by atoms with Crippen molar-refractivity contribution in [2.24, 2.45) is 40.4 Å². The van der Waals surface area contributed by atoms with Gasteiger partial charge in [0.25, 0.3) is 0 Å². The number of fused-ring (bicyclic) bond motifs is 5. The van der Waals surface area contributed by atoms with Crippen LogP contribution in [0.4, 0.5) is 0 Å². The molecular formula is C30H42O6. The molecular weight excluding hydrogens is 456 g/mol. The Labute approximate surface area is 214 Å². The van der Waals surface area contributed by atoms with Crippen molar-refractivity contribution in [3.8, 4) is 0 Å². The summed E-state index contributed by atoms with van der Waals surface area (Å²) >= 11 is 0. The van der Waals surface area contributed by atoms with Crippen LogP contribution in [0.1, 0.15) is 80.1 Å². The second-order valence-electron chi connectivity index (χ2n) is 13.6. The van der Waals surface area contributed by atoms with Gasteiger partial charge in [-0.15, -0.1) is 0 Å². The van der Waals surface area contributed by atoms with E-state index in [1.807, 2.05) is 32.9 Å². The summed E-state index contributed by atoms with van der Waals surface area (Å²) in [5, 5.41) is 13.0. The molecule has 1 N–H and O–H groups in total. The zero-order valence-corrected chi connectivity index (χ0v) is 22.6. The maximum Gasteiger partial charge on any atom is 0.309 e. The number of ketones is 1. The number of hydrogen-bond acceptors (Lipinski definition) is 6. The second kappa shape index (κ2) is 7.77. The van der Waals surface area contributed by atoms with Gasteiger partial charge in [-0.2, -0.15) is 0 Å². The summed E-state index contributed by atoms with van der Waals surface area (Å²) in [6.45, 7) is 12.5. The van der Waals surface area contributed by atoms with E-state index < -0.39 is 29.0 Å². The number of Topliss-reactive ketones (excluding diaryl/α,β-unsaturated/α-hetero) is 1. The molecule has 1 aliphatic heterocycles. The van der Waals surface area contributed by atoms with E-state index in [4.69, 9.17) is 14.2 Å². The zero-order chi connectivity index (χ0) is 25.8. The molecule has 1 heterocycles. The van der Waals surface area contributed by atoms with Crippen LogP contribution in [0.15, 0.2) is 23.3 Å². The topological polar surface area (TPSA) is 82.1 Å². The number of hydrogen-bond donors (Lipinski definition) is 1. The molecule has 6 aliphatic rings. The number of esters is 1. The second-order valence-corrected chi connectivity index (χ2v) is 13.6. The van der Waals surface area contributed by atoms with Crippen LogP contribution in [0, 0.1) is 40.4 Å². The van der Waals surface area contributed by atoms with Crippen molar-refractivity contribution in [2.75, 3.05) is 6.61 Å². The fourth-order valence-electron chi connectivity index (χ4n) is 8.85. The minimum absolute atomic E-state index is 0.0504. The summed E-state index contributed by atoms with van der Waals surface area (Å²) in [6, 6.07) is 0. The average Bonchev–Trinajstić information content (AvgIpc) is 3.32. The van der Waals surface area contributed by atoms with Crippen LogP contribution in [0.5, 0.6) is 0 Å². The first kappa shape index (κ1) is 24.8. The minimum atomic E-state index is -1.72. The number of ether oxygens (including phenoxy) is 3. The van der Waals surface area contributed by atoms with Gasteiger partial charge in [-0.05, 0) is 74.3 Å². The van der Waals surface area contributed by atoms with E-state index in [0.29, 0.717) is 5.92 Å². The molecule has 0 radical (unpaired) electrons. The van der Waals surface area contributed by atoms with Gasteiger partial charge in [0, 0.05) is 5.92 Å². The highest BCUT2D eigenvalue weighted by atomic mass is 16.7. The van der Waals surface area contributed by atoms with Gasteiger partial charge >= 0.3 is 5.97 Å². The molecule has 0 aromatic heterocycles. The highest BCUT2D eigenvalue weighted by Gasteiger charge is 2.77. The van der Waals surface area contributed by atoms with Gasteiger partial charge in [-0.1, -0.05) is 52.2 Å². The molecule has 6 heteroatoms. The summed E-state index contributed by atoms with van der Waals surface area (Å²) in [6.07, 6.45) is 7.96. The molecule has 1 saturated heterocycles. The standard InChI is InChI=1S/C30H42O6/c1-16-14-29-17(2)12-21-22(27(21,3)4)20(23(29)31)13-19-15-34-28(5,6)36-25(19)30(29,33)24(16)35-26(32)18-10-8-7-9-11-18/h13-14,17-18,20-22,24-25,33H,7-12,15H2,1-6H3. The Balaban J connectivity index is 1.49. The lowest BCUT2D eigenvalue weighted by Gasteiger charge is -2.52. The molecule has 6 rings (SSSR count). The van der Waals surface area contributed by atoms with E-state index in [9.17, 15) is 14.7 Å². The molecule has 8 unspecified atom stereocenters. The molecule has 6 nitrogen and oxygen atoms in total. The van der Waals surface area contributed by atoms with Crippen molar-refractivity contribution in [2.45, 2.75) is 104 Å². The summed E-state index contributed by atoms with van der Waals surface area (Å²) in [5.41, 5.74) is -1.27.